The first-order chi connectivity index (χ1) is 7.02. The number of aryl methyl sites for hydroxylation is 2. The normalized spacial score (nSPS) is 10.7. The van der Waals surface area contributed by atoms with Crippen LogP contribution in [0.2, 0.25) is 0 Å². The minimum atomic E-state index is 0.268. The van der Waals surface area contributed by atoms with E-state index < -0.39 is 0 Å². The highest BCUT2D eigenvalue weighted by Gasteiger charge is 2.07. The molecule has 0 saturated carbocycles. The third-order valence-electron chi connectivity index (χ3n) is 2.44. The van der Waals surface area contributed by atoms with Crippen LogP contribution >= 0.6 is 15.9 Å². The highest BCUT2D eigenvalue weighted by atomic mass is 79.9. The van der Waals surface area contributed by atoms with Crippen molar-refractivity contribution < 1.29 is 4.79 Å². The molecule has 3 nitrogen and oxygen atoms in total. The average Bonchev–Trinajstić information content (AvgIpc) is 2.41. The van der Waals surface area contributed by atoms with Gasteiger partial charge in [0.15, 0.2) is 0 Å². The summed E-state index contributed by atoms with van der Waals surface area (Å²) in [7, 11) is 0. The summed E-state index contributed by atoms with van der Waals surface area (Å²) in [4.78, 5) is 10.8. The van der Waals surface area contributed by atoms with E-state index in [1.807, 2.05) is 11.6 Å². The molecule has 0 fully saturated rings. The second kappa shape index (κ2) is 5.45. The van der Waals surface area contributed by atoms with Gasteiger partial charge in [-0.15, -0.1) is 0 Å². The summed E-state index contributed by atoms with van der Waals surface area (Å²) in [6.07, 6.45) is 2.64. The van der Waals surface area contributed by atoms with E-state index >= 15 is 0 Å². The molecule has 0 aliphatic heterocycles. The number of halogens is 1. The number of hydrogen-bond acceptors (Lipinski definition) is 2. The molecule has 4 heteroatoms. The Morgan fingerprint density at radius 2 is 2.07 bits per heavy atom. The maximum atomic E-state index is 10.8. The predicted molar refractivity (Wildman–Crippen MR) is 63.9 cm³/mol. The quantitative estimate of drug-likeness (QED) is 0.773. The summed E-state index contributed by atoms with van der Waals surface area (Å²) in [5.74, 6) is 0.268. The highest BCUT2D eigenvalue weighted by molar-refractivity contribution is 9.10. The molecular formula is C11H17BrN2O. The number of hydrogen-bond donors (Lipinski definition) is 0. The van der Waals surface area contributed by atoms with Gasteiger partial charge in [-0.1, -0.05) is 0 Å². The van der Waals surface area contributed by atoms with E-state index in [4.69, 9.17) is 0 Å². The molecule has 1 aromatic heterocycles. The van der Waals surface area contributed by atoms with Crippen LogP contribution in [-0.2, 0) is 11.3 Å². The molecule has 84 valence electrons. The second-order valence-electron chi connectivity index (χ2n) is 3.87. The zero-order valence-corrected chi connectivity index (χ0v) is 11.1. The Bertz CT molecular complexity index is 358. The van der Waals surface area contributed by atoms with Crippen LogP contribution in [0.5, 0.6) is 0 Å². The molecule has 0 saturated heterocycles. The molecule has 0 unspecified atom stereocenters. The standard InChI is InChI=1S/C11H17BrN2O/c1-8(15)6-4-5-7-14-10(3)11(12)9(2)13-14/h4-7H2,1-3H3. The van der Waals surface area contributed by atoms with Crippen LogP contribution < -0.4 is 0 Å². The van der Waals surface area contributed by atoms with Crippen LogP contribution in [0, 0.1) is 13.8 Å². The van der Waals surface area contributed by atoms with Gasteiger partial charge >= 0.3 is 0 Å². The average molecular weight is 273 g/mol. The van der Waals surface area contributed by atoms with E-state index in [1.165, 1.54) is 0 Å². The Morgan fingerprint density at radius 1 is 1.40 bits per heavy atom. The maximum Gasteiger partial charge on any atom is 0.129 e. The second-order valence-corrected chi connectivity index (χ2v) is 4.66. The number of Topliss-reactive ketones (excluding diaryl/α,β-unsaturated/α-hetero) is 1. The SMILES string of the molecule is CC(=O)CCCCn1nc(C)c(Br)c1C. The first-order valence-electron chi connectivity index (χ1n) is 5.21. The molecule has 0 atom stereocenters. The summed E-state index contributed by atoms with van der Waals surface area (Å²) in [5, 5.41) is 4.41. The van der Waals surface area contributed by atoms with Gasteiger partial charge in [0.25, 0.3) is 0 Å². The van der Waals surface area contributed by atoms with Gasteiger partial charge in [0.1, 0.15) is 5.78 Å². The number of unbranched alkanes of at least 4 members (excludes halogenated alkanes) is 1. The van der Waals surface area contributed by atoms with Gasteiger partial charge in [0, 0.05) is 18.7 Å². The Kier molecular flexibility index (Phi) is 4.51. The van der Waals surface area contributed by atoms with Gasteiger partial charge in [-0.3, -0.25) is 4.68 Å². The lowest BCUT2D eigenvalue weighted by molar-refractivity contribution is -0.117. The summed E-state index contributed by atoms with van der Waals surface area (Å²) in [6.45, 7) is 6.57. The Balaban J connectivity index is 2.44. The van der Waals surface area contributed by atoms with Crippen LogP contribution in [0.25, 0.3) is 0 Å². The van der Waals surface area contributed by atoms with E-state index in [0.29, 0.717) is 6.42 Å². The topological polar surface area (TPSA) is 34.9 Å². The molecule has 0 aliphatic rings. The fourth-order valence-electron chi connectivity index (χ4n) is 1.53. The molecule has 1 aromatic rings. The zero-order valence-electron chi connectivity index (χ0n) is 9.51. The van der Waals surface area contributed by atoms with Crippen molar-refractivity contribution in [1.29, 1.82) is 0 Å². The van der Waals surface area contributed by atoms with E-state index in [2.05, 4.69) is 28.0 Å². The molecule has 0 bridgehead atoms. The lowest BCUT2D eigenvalue weighted by Crippen LogP contribution is -2.03. The first kappa shape index (κ1) is 12.4. The fourth-order valence-corrected chi connectivity index (χ4v) is 1.81. The zero-order chi connectivity index (χ0) is 11.4. The highest BCUT2D eigenvalue weighted by Crippen LogP contribution is 2.20. The maximum absolute atomic E-state index is 10.8. The lowest BCUT2D eigenvalue weighted by atomic mass is 10.2. The summed E-state index contributed by atoms with van der Waals surface area (Å²) in [6, 6.07) is 0. The number of ketones is 1. The van der Waals surface area contributed by atoms with Crippen LogP contribution in [-0.4, -0.2) is 15.6 Å². The number of aromatic nitrogens is 2. The van der Waals surface area contributed by atoms with Crippen LogP contribution in [0.3, 0.4) is 0 Å². The van der Waals surface area contributed by atoms with Crippen LogP contribution in [0.15, 0.2) is 4.47 Å². The summed E-state index contributed by atoms with van der Waals surface area (Å²) < 4.78 is 3.09. The van der Waals surface area contributed by atoms with Crippen LogP contribution in [0.4, 0.5) is 0 Å². The van der Waals surface area contributed by atoms with Gasteiger partial charge in [-0.25, -0.2) is 0 Å². The van der Waals surface area contributed by atoms with Crippen molar-refractivity contribution in [1.82, 2.24) is 9.78 Å². The summed E-state index contributed by atoms with van der Waals surface area (Å²) in [5.41, 5.74) is 2.19. The molecule has 0 radical (unpaired) electrons. The number of carbonyl (C=O) groups excluding carboxylic acids is 1. The smallest absolute Gasteiger partial charge is 0.129 e. The molecule has 15 heavy (non-hydrogen) atoms. The predicted octanol–water partition coefficient (Wildman–Crippen LogP) is 3.02. The van der Waals surface area contributed by atoms with Crippen molar-refractivity contribution >= 4 is 21.7 Å². The minimum absolute atomic E-state index is 0.268. The van der Waals surface area contributed by atoms with Crippen molar-refractivity contribution in [3.05, 3.63) is 15.9 Å². The molecular weight excluding hydrogens is 256 g/mol. The van der Waals surface area contributed by atoms with Gasteiger partial charge in [0.05, 0.1) is 10.2 Å². The van der Waals surface area contributed by atoms with Crippen molar-refractivity contribution in [2.24, 2.45) is 0 Å². The molecule has 1 heterocycles. The van der Waals surface area contributed by atoms with Crippen molar-refractivity contribution in [3.8, 4) is 0 Å². The summed E-state index contributed by atoms with van der Waals surface area (Å²) >= 11 is 3.49. The van der Waals surface area contributed by atoms with E-state index in [0.717, 1.165) is 35.2 Å². The number of rotatable bonds is 5. The van der Waals surface area contributed by atoms with E-state index in [9.17, 15) is 4.79 Å². The first-order valence-corrected chi connectivity index (χ1v) is 6.00. The number of nitrogens with zero attached hydrogens (tertiary/aromatic N) is 2. The van der Waals surface area contributed by atoms with E-state index in [-0.39, 0.29) is 5.78 Å². The fraction of sp³-hybridized carbons (Fsp3) is 0.636. The van der Waals surface area contributed by atoms with Crippen molar-refractivity contribution in [2.75, 3.05) is 0 Å². The number of carbonyl (C=O) groups is 1. The molecule has 1 rings (SSSR count). The van der Waals surface area contributed by atoms with Gasteiger partial charge in [0.2, 0.25) is 0 Å². The van der Waals surface area contributed by atoms with Crippen LogP contribution in [0.1, 0.15) is 37.6 Å². The Labute approximate surface area is 99.0 Å². The third-order valence-corrected chi connectivity index (χ3v) is 3.59. The monoisotopic (exact) mass is 272 g/mol. The van der Waals surface area contributed by atoms with Gasteiger partial charge in [-0.05, 0) is 49.5 Å². The molecule has 0 aliphatic carbocycles. The van der Waals surface area contributed by atoms with E-state index in [1.54, 1.807) is 6.92 Å². The lowest BCUT2D eigenvalue weighted by Gasteiger charge is -2.03. The van der Waals surface area contributed by atoms with Crippen molar-refractivity contribution in [3.63, 3.8) is 0 Å². The van der Waals surface area contributed by atoms with Gasteiger partial charge < -0.3 is 4.79 Å². The minimum Gasteiger partial charge on any atom is -0.300 e. The largest absolute Gasteiger partial charge is 0.300 e. The molecule has 0 N–H and O–H groups in total. The third kappa shape index (κ3) is 3.45. The molecule has 0 spiro atoms. The molecule has 0 amide bonds. The van der Waals surface area contributed by atoms with Gasteiger partial charge in [-0.2, -0.15) is 5.10 Å². The Hall–Kier alpha value is -0.640. The van der Waals surface area contributed by atoms with Crippen molar-refractivity contribution in [2.45, 2.75) is 46.6 Å². The Morgan fingerprint density at radius 3 is 2.53 bits per heavy atom. The molecule has 0 aromatic carbocycles.